The Bertz CT molecular complexity index is 708. The van der Waals surface area contributed by atoms with Crippen molar-refractivity contribution >= 4 is 11.9 Å². The fourth-order valence-corrected chi connectivity index (χ4v) is 3.77. The van der Waals surface area contributed by atoms with Gasteiger partial charge in [0, 0.05) is 17.7 Å². The maximum absolute atomic E-state index is 12.8. The highest BCUT2D eigenvalue weighted by Crippen LogP contribution is 2.47. The lowest BCUT2D eigenvalue weighted by Gasteiger charge is -2.48. The molecule has 0 saturated heterocycles. The lowest BCUT2D eigenvalue weighted by atomic mass is 9.73. The Hall–Kier alpha value is -2.30. The first-order valence-corrected chi connectivity index (χ1v) is 9.06. The van der Waals surface area contributed by atoms with Crippen molar-refractivity contribution in [3.05, 3.63) is 47.2 Å². The van der Waals surface area contributed by atoms with Gasteiger partial charge in [0.15, 0.2) is 5.78 Å². The van der Waals surface area contributed by atoms with Gasteiger partial charge in [0.1, 0.15) is 11.3 Å². The fourth-order valence-electron chi connectivity index (χ4n) is 3.77. The van der Waals surface area contributed by atoms with E-state index in [1.807, 2.05) is 32.0 Å². The molecule has 2 rings (SSSR count). The molecule has 0 saturated carbocycles. The molecule has 1 aromatic rings. The molecular formula is C21H29NO4. The van der Waals surface area contributed by atoms with Gasteiger partial charge in [0.25, 0.3) is 0 Å². The van der Waals surface area contributed by atoms with Crippen molar-refractivity contribution in [3.63, 3.8) is 0 Å². The smallest absolute Gasteiger partial charge is 0.410 e. The Morgan fingerprint density at radius 1 is 1.15 bits per heavy atom. The van der Waals surface area contributed by atoms with E-state index < -0.39 is 11.6 Å². The molecule has 0 aliphatic heterocycles. The minimum absolute atomic E-state index is 0.105. The number of benzene rings is 1. The summed E-state index contributed by atoms with van der Waals surface area (Å²) < 4.78 is 10.8. The number of ketones is 1. The first kappa shape index (κ1) is 20.0. The molecule has 1 aliphatic rings. The Morgan fingerprint density at radius 3 is 2.35 bits per heavy atom. The van der Waals surface area contributed by atoms with Gasteiger partial charge in [-0.3, -0.25) is 9.69 Å². The van der Waals surface area contributed by atoms with Crippen molar-refractivity contribution in [3.8, 4) is 0 Å². The minimum atomic E-state index is -0.870. The van der Waals surface area contributed by atoms with E-state index in [4.69, 9.17) is 9.47 Å². The summed E-state index contributed by atoms with van der Waals surface area (Å²) in [5.41, 5.74) is 0.529. The van der Waals surface area contributed by atoms with Crippen LogP contribution >= 0.6 is 0 Å². The molecule has 0 heterocycles. The average Bonchev–Trinajstić information content (AvgIpc) is 2.61. The highest BCUT2D eigenvalue weighted by Gasteiger charge is 2.51. The number of hydrogen-bond acceptors (Lipinski definition) is 4. The number of rotatable bonds is 6. The van der Waals surface area contributed by atoms with Crippen LogP contribution < -0.4 is 0 Å². The van der Waals surface area contributed by atoms with Crippen LogP contribution in [0.3, 0.4) is 0 Å². The van der Waals surface area contributed by atoms with Crippen molar-refractivity contribution in [2.75, 3.05) is 14.2 Å². The standard InChI is InChI=1S/C21H29NO4/c1-14(2)11-12-21(22(15(3)4)20(24)26-6)17-10-8-7-9-16(17)18(23)13-19(21)25-5/h7-10,13-15H,11-12H2,1-6H3. The third-order valence-corrected chi connectivity index (χ3v) is 4.91. The molecule has 0 radical (unpaired) electrons. The van der Waals surface area contributed by atoms with Crippen LogP contribution in [-0.2, 0) is 15.0 Å². The van der Waals surface area contributed by atoms with E-state index in [1.165, 1.54) is 13.2 Å². The average molecular weight is 359 g/mol. The molecular weight excluding hydrogens is 330 g/mol. The zero-order chi connectivity index (χ0) is 19.5. The van der Waals surface area contributed by atoms with Crippen molar-refractivity contribution in [1.29, 1.82) is 0 Å². The van der Waals surface area contributed by atoms with Gasteiger partial charge in [-0.1, -0.05) is 38.1 Å². The predicted molar refractivity (Wildman–Crippen MR) is 101 cm³/mol. The summed E-state index contributed by atoms with van der Waals surface area (Å²) in [4.78, 5) is 27.1. The molecule has 5 heteroatoms. The summed E-state index contributed by atoms with van der Waals surface area (Å²) in [6, 6.07) is 7.31. The van der Waals surface area contributed by atoms with Crippen LogP contribution in [0.25, 0.3) is 0 Å². The molecule has 142 valence electrons. The Balaban J connectivity index is 2.80. The van der Waals surface area contributed by atoms with Gasteiger partial charge in [0.2, 0.25) is 0 Å². The molecule has 0 aromatic heterocycles. The first-order chi connectivity index (χ1) is 12.3. The van der Waals surface area contributed by atoms with Crippen molar-refractivity contribution < 1.29 is 19.1 Å². The molecule has 1 unspecified atom stereocenters. The highest BCUT2D eigenvalue weighted by molar-refractivity contribution is 6.08. The second-order valence-electron chi connectivity index (χ2n) is 7.35. The lowest BCUT2D eigenvalue weighted by Crippen LogP contribution is -2.56. The number of allylic oxidation sites excluding steroid dienone is 1. The molecule has 1 aliphatic carbocycles. The number of methoxy groups -OCH3 is 2. The van der Waals surface area contributed by atoms with Gasteiger partial charge in [0.05, 0.1) is 14.2 Å². The molecule has 1 amide bonds. The summed E-state index contributed by atoms with van der Waals surface area (Å²) in [6.07, 6.45) is 2.59. The van der Waals surface area contributed by atoms with Crippen molar-refractivity contribution in [2.45, 2.75) is 52.1 Å². The molecule has 5 nitrogen and oxygen atoms in total. The molecule has 1 atom stereocenters. The number of amides is 1. The van der Waals surface area contributed by atoms with E-state index in [0.717, 1.165) is 12.0 Å². The van der Waals surface area contributed by atoms with Crippen LogP contribution in [-0.4, -0.2) is 37.0 Å². The van der Waals surface area contributed by atoms with Gasteiger partial charge >= 0.3 is 6.09 Å². The molecule has 1 aromatic carbocycles. The number of nitrogens with zero attached hydrogens (tertiary/aromatic N) is 1. The molecule has 0 spiro atoms. The third-order valence-electron chi connectivity index (χ3n) is 4.91. The number of carbonyl (C=O) groups is 2. The first-order valence-electron chi connectivity index (χ1n) is 9.06. The number of carbonyl (C=O) groups excluding carboxylic acids is 2. The van der Waals surface area contributed by atoms with Crippen molar-refractivity contribution in [2.24, 2.45) is 5.92 Å². The third kappa shape index (κ3) is 3.35. The maximum atomic E-state index is 12.8. The zero-order valence-electron chi connectivity index (χ0n) is 16.5. The Kier molecular flexibility index (Phi) is 6.11. The van der Waals surface area contributed by atoms with E-state index >= 15 is 0 Å². The summed E-state index contributed by atoms with van der Waals surface area (Å²) in [5.74, 6) is 0.813. The van der Waals surface area contributed by atoms with Crippen molar-refractivity contribution in [1.82, 2.24) is 4.90 Å². The predicted octanol–water partition coefficient (Wildman–Crippen LogP) is 4.52. The van der Waals surface area contributed by atoms with Gasteiger partial charge in [-0.05, 0) is 38.2 Å². The Morgan fingerprint density at radius 2 is 1.81 bits per heavy atom. The number of ether oxygens (including phenoxy) is 2. The normalized spacial score (nSPS) is 19.2. The second kappa shape index (κ2) is 7.94. The monoisotopic (exact) mass is 359 g/mol. The summed E-state index contributed by atoms with van der Waals surface area (Å²) in [5, 5.41) is 0. The summed E-state index contributed by atoms with van der Waals surface area (Å²) >= 11 is 0. The van der Waals surface area contributed by atoms with Gasteiger partial charge in [-0.2, -0.15) is 0 Å². The highest BCUT2D eigenvalue weighted by atomic mass is 16.5. The summed E-state index contributed by atoms with van der Waals surface area (Å²) in [7, 11) is 2.93. The van der Waals surface area contributed by atoms with E-state index in [0.29, 0.717) is 23.7 Å². The molecule has 0 fully saturated rings. The van der Waals surface area contributed by atoms with Crippen LogP contribution in [0.2, 0.25) is 0 Å². The van der Waals surface area contributed by atoms with E-state index in [1.54, 1.807) is 18.1 Å². The number of hydrogen-bond donors (Lipinski definition) is 0. The quantitative estimate of drug-likeness (QED) is 0.749. The van der Waals surface area contributed by atoms with Gasteiger partial charge < -0.3 is 9.47 Å². The van der Waals surface area contributed by atoms with Crippen LogP contribution in [0, 0.1) is 5.92 Å². The minimum Gasteiger partial charge on any atom is -0.498 e. The molecule has 0 bridgehead atoms. The SMILES string of the molecule is COC(=O)N(C(C)C)C1(CCC(C)C)C(OC)=CC(=O)c2ccccc21. The Labute approximate surface area is 156 Å². The largest absolute Gasteiger partial charge is 0.498 e. The number of fused-ring (bicyclic) bond motifs is 1. The summed E-state index contributed by atoms with van der Waals surface area (Å²) in [6.45, 7) is 8.17. The van der Waals surface area contributed by atoms with Gasteiger partial charge in [-0.25, -0.2) is 4.79 Å². The van der Waals surface area contributed by atoms with Crippen LogP contribution in [0.15, 0.2) is 36.1 Å². The second-order valence-corrected chi connectivity index (χ2v) is 7.35. The zero-order valence-corrected chi connectivity index (χ0v) is 16.5. The maximum Gasteiger partial charge on any atom is 0.410 e. The van der Waals surface area contributed by atoms with E-state index in [-0.39, 0.29) is 11.8 Å². The fraction of sp³-hybridized carbons (Fsp3) is 0.524. The van der Waals surface area contributed by atoms with E-state index in [9.17, 15) is 9.59 Å². The van der Waals surface area contributed by atoms with Gasteiger partial charge in [-0.15, -0.1) is 0 Å². The van der Waals surface area contributed by atoms with Crippen LogP contribution in [0.4, 0.5) is 4.79 Å². The van der Waals surface area contributed by atoms with Crippen LogP contribution in [0.5, 0.6) is 0 Å². The molecule has 0 N–H and O–H groups in total. The lowest BCUT2D eigenvalue weighted by molar-refractivity contribution is 0.0191. The van der Waals surface area contributed by atoms with Crippen LogP contribution in [0.1, 0.15) is 56.5 Å². The van der Waals surface area contributed by atoms with E-state index in [2.05, 4.69) is 13.8 Å². The topological polar surface area (TPSA) is 55.8 Å². The molecule has 26 heavy (non-hydrogen) atoms.